The second kappa shape index (κ2) is 8.02. The maximum Gasteiger partial charge on any atom is 0.253 e. The highest BCUT2D eigenvalue weighted by atomic mass is 35.5. The Balaban J connectivity index is 1.37. The van der Waals surface area contributed by atoms with Gasteiger partial charge in [-0.15, -0.1) is 11.3 Å². The number of piperazine rings is 1. The van der Waals surface area contributed by atoms with Gasteiger partial charge in [0.15, 0.2) is 5.76 Å². The fourth-order valence-electron chi connectivity index (χ4n) is 3.14. The molecular weight excluding hydrogens is 405 g/mol. The van der Waals surface area contributed by atoms with E-state index in [1.165, 1.54) is 11.3 Å². The van der Waals surface area contributed by atoms with Gasteiger partial charge in [0.2, 0.25) is 0 Å². The number of amides is 1. The molecule has 1 saturated heterocycles. The summed E-state index contributed by atoms with van der Waals surface area (Å²) in [6.07, 6.45) is 1.76. The summed E-state index contributed by atoms with van der Waals surface area (Å²) in [5, 5.41) is 4.58. The van der Waals surface area contributed by atoms with E-state index in [2.05, 4.69) is 10.1 Å². The molecule has 0 bridgehead atoms. The summed E-state index contributed by atoms with van der Waals surface area (Å²) >= 11 is 13.4. The molecule has 0 radical (unpaired) electrons. The summed E-state index contributed by atoms with van der Waals surface area (Å²) in [4.78, 5) is 17.8. The van der Waals surface area contributed by atoms with Gasteiger partial charge in [0, 0.05) is 48.9 Å². The number of thiophene rings is 1. The van der Waals surface area contributed by atoms with Gasteiger partial charge in [-0.3, -0.25) is 9.69 Å². The fraction of sp³-hybridized carbons (Fsp3) is 0.263. The normalized spacial score (nSPS) is 15.3. The molecule has 1 fully saturated rings. The summed E-state index contributed by atoms with van der Waals surface area (Å²) in [6, 6.07) is 10.8. The third-order valence-electron chi connectivity index (χ3n) is 4.59. The smallest absolute Gasteiger partial charge is 0.253 e. The predicted molar refractivity (Wildman–Crippen MR) is 107 cm³/mol. The van der Waals surface area contributed by atoms with E-state index in [0.29, 0.717) is 23.7 Å². The number of carbonyl (C=O) groups excluding carboxylic acids is 1. The zero-order valence-electron chi connectivity index (χ0n) is 14.4. The van der Waals surface area contributed by atoms with Gasteiger partial charge < -0.3 is 9.42 Å². The van der Waals surface area contributed by atoms with Crippen LogP contribution in [0.15, 0.2) is 47.1 Å². The van der Waals surface area contributed by atoms with Gasteiger partial charge in [0.05, 0.1) is 15.4 Å². The number of hydrogen-bond donors (Lipinski definition) is 0. The second-order valence-corrected chi connectivity index (χ2v) is 8.51. The Hall–Kier alpha value is -1.86. The molecule has 1 aromatic carbocycles. The number of carbonyl (C=O) groups is 1. The van der Waals surface area contributed by atoms with Gasteiger partial charge in [0.1, 0.15) is 0 Å². The molecule has 0 saturated carbocycles. The minimum Gasteiger partial charge on any atom is -0.355 e. The van der Waals surface area contributed by atoms with Crippen molar-refractivity contribution in [1.29, 1.82) is 0 Å². The van der Waals surface area contributed by atoms with Crippen molar-refractivity contribution in [2.45, 2.75) is 6.54 Å². The molecule has 0 aliphatic carbocycles. The molecule has 0 N–H and O–H groups in total. The molecule has 3 aromatic rings. The van der Waals surface area contributed by atoms with Crippen molar-refractivity contribution >= 4 is 40.4 Å². The number of benzene rings is 1. The van der Waals surface area contributed by atoms with Crippen LogP contribution in [0.4, 0.5) is 0 Å². The molecule has 0 atom stereocenters. The number of halogens is 2. The molecule has 27 heavy (non-hydrogen) atoms. The summed E-state index contributed by atoms with van der Waals surface area (Å²) in [5.41, 5.74) is 1.70. The second-order valence-electron chi connectivity index (χ2n) is 6.36. The van der Waals surface area contributed by atoms with Crippen molar-refractivity contribution in [3.05, 3.63) is 63.1 Å². The third kappa shape index (κ3) is 4.19. The van der Waals surface area contributed by atoms with Crippen LogP contribution in [0.25, 0.3) is 10.6 Å². The molecule has 3 heterocycles. The van der Waals surface area contributed by atoms with Crippen LogP contribution < -0.4 is 0 Å². The van der Waals surface area contributed by atoms with Crippen LogP contribution in [0.3, 0.4) is 0 Å². The monoisotopic (exact) mass is 421 g/mol. The van der Waals surface area contributed by atoms with Crippen LogP contribution >= 0.6 is 34.5 Å². The third-order valence-corrected chi connectivity index (χ3v) is 6.07. The Bertz CT molecular complexity index is 931. The molecule has 8 heteroatoms. The first kappa shape index (κ1) is 18.5. The Morgan fingerprint density at radius 1 is 1.07 bits per heavy atom. The quantitative estimate of drug-likeness (QED) is 0.613. The van der Waals surface area contributed by atoms with Gasteiger partial charge in [0.25, 0.3) is 5.91 Å². The minimum absolute atomic E-state index is 0.0465. The van der Waals surface area contributed by atoms with Crippen LogP contribution in [0.2, 0.25) is 9.36 Å². The van der Waals surface area contributed by atoms with E-state index in [1.807, 2.05) is 17.0 Å². The first-order chi connectivity index (χ1) is 13.1. The molecule has 5 nitrogen and oxygen atoms in total. The van der Waals surface area contributed by atoms with Crippen LogP contribution in [-0.2, 0) is 6.54 Å². The van der Waals surface area contributed by atoms with Crippen LogP contribution in [-0.4, -0.2) is 47.0 Å². The average Bonchev–Trinajstić information content (AvgIpc) is 3.31. The maximum absolute atomic E-state index is 12.6. The molecule has 0 unspecified atom stereocenters. The SMILES string of the molecule is O=C(c1ccc(Cl)cc1)N1CCN(Cc2cnoc2-c2ccc(Cl)s2)CC1. The molecule has 4 rings (SSSR count). The highest BCUT2D eigenvalue weighted by Gasteiger charge is 2.24. The van der Waals surface area contributed by atoms with Crippen LogP contribution in [0.1, 0.15) is 15.9 Å². The lowest BCUT2D eigenvalue weighted by Gasteiger charge is -2.34. The molecular formula is C19H17Cl2N3O2S. The Morgan fingerprint density at radius 2 is 1.81 bits per heavy atom. The maximum atomic E-state index is 12.6. The van der Waals surface area contributed by atoms with Gasteiger partial charge in [-0.05, 0) is 36.4 Å². The van der Waals surface area contributed by atoms with Crippen molar-refractivity contribution in [1.82, 2.24) is 15.0 Å². The Morgan fingerprint density at radius 3 is 2.48 bits per heavy atom. The summed E-state index contributed by atoms with van der Waals surface area (Å²) < 4.78 is 6.16. The van der Waals surface area contributed by atoms with Gasteiger partial charge in [-0.1, -0.05) is 28.4 Å². The Kier molecular flexibility index (Phi) is 5.50. The number of nitrogens with zero attached hydrogens (tertiary/aromatic N) is 3. The summed E-state index contributed by atoms with van der Waals surface area (Å²) in [7, 11) is 0. The molecule has 140 valence electrons. The highest BCUT2D eigenvalue weighted by molar-refractivity contribution is 7.19. The molecule has 1 amide bonds. The zero-order valence-corrected chi connectivity index (χ0v) is 16.7. The van der Waals surface area contributed by atoms with Crippen molar-refractivity contribution in [2.24, 2.45) is 0 Å². The topological polar surface area (TPSA) is 49.6 Å². The molecule has 1 aliphatic heterocycles. The number of rotatable bonds is 4. The van der Waals surface area contributed by atoms with E-state index in [4.69, 9.17) is 27.7 Å². The average molecular weight is 422 g/mol. The van der Waals surface area contributed by atoms with Crippen molar-refractivity contribution in [3.63, 3.8) is 0 Å². The number of aromatic nitrogens is 1. The van der Waals surface area contributed by atoms with Crippen LogP contribution in [0, 0.1) is 0 Å². The van der Waals surface area contributed by atoms with Crippen LogP contribution in [0.5, 0.6) is 0 Å². The van der Waals surface area contributed by atoms with E-state index in [1.54, 1.807) is 30.5 Å². The highest BCUT2D eigenvalue weighted by Crippen LogP contribution is 2.33. The zero-order chi connectivity index (χ0) is 18.8. The minimum atomic E-state index is 0.0465. The first-order valence-electron chi connectivity index (χ1n) is 8.56. The Labute approximate surface area is 171 Å². The van der Waals surface area contributed by atoms with E-state index >= 15 is 0 Å². The van der Waals surface area contributed by atoms with Crippen molar-refractivity contribution < 1.29 is 9.32 Å². The lowest BCUT2D eigenvalue weighted by Crippen LogP contribution is -2.48. The molecule has 1 aliphatic rings. The van der Waals surface area contributed by atoms with E-state index in [-0.39, 0.29) is 5.91 Å². The standard InChI is InChI=1S/C19H17Cl2N3O2S/c20-15-3-1-13(2-4-15)19(25)24-9-7-23(8-10-24)12-14-11-22-26-18(14)16-5-6-17(21)27-16/h1-6,11H,7-10,12H2. The summed E-state index contributed by atoms with van der Waals surface area (Å²) in [6.45, 7) is 3.71. The van der Waals surface area contributed by atoms with Gasteiger partial charge in [-0.2, -0.15) is 0 Å². The van der Waals surface area contributed by atoms with Gasteiger partial charge >= 0.3 is 0 Å². The lowest BCUT2D eigenvalue weighted by molar-refractivity contribution is 0.0628. The molecule has 0 spiro atoms. The van der Waals surface area contributed by atoms with E-state index in [0.717, 1.165) is 40.2 Å². The van der Waals surface area contributed by atoms with E-state index < -0.39 is 0 Å². The first-order valence-corrected chi connectivity index (χ1v) is 10.1. The van der Waals surface area contributed by atoms with E-state index in [9.17, 15) is 4.79 Å². The lowest BCUT2D eigenvalue weighted by atomic mass is 10.1. The number of hydrogen-bond acceptors (Lipinski definition) is 5. The van der Waals surface area contributed by atoms with Crippen molar-refractivity contribution in [3.8, 4) is 10.6 Å². The predicted octanol–water partition coefficient (Wildman–Crippen LogP) is 4.67. The largest absolute Gasteiger partial charge is 0.355 e. The van der Waals surface area contributed by atoms with Gasteiger partial charge in [-0.25, -0.2) is 0 Å². The van der Waals surface area contributed by atoms with Crippen molar-refractivity contribution in [2.75, 3.05) is 26.2 Å². The summed E-state index contributed by atoms with van der Waals surface area (Å²) in [5.74, 6) is 0.816. The fourth-order valence-corrected chi connectivity index (χ4v) is 4.32. The molecule has 2 aromatic heterocycles.